The summed E-state index contributed by atoms with van der Waals surface area (Å²) in [7, 11) is 0. The molecule has 33 heavy (non-hydrogen) atoms. The molecule has 1 fully saturated rings. The van der Waals surface area contributed by atoms with Crippen molar-refractivity contribution in [3.8, 4) is 5.75 Å². The van der Waals surface area contributed by atoms with Crippen LogP contribution in [0.1, 0.15) is 44.6 Å². The first-order valence-corrected chi connectivity index (χ1v) is 11.7. The zero-order valence-electron chi connectivity index (χ0n) is 19.4. The van der Waals surface area contributed by atoms with Crippen molar-refractivity contribution >= 4 is 17.7 Å². The second kappa shape index (κ2) is 12.7. The Morgan fingerprint density at radius 2 is 1.73 bits per heavy atom. The largest absolute Gasteiger partial charge is 0.484 e. The van der Waals surface area contributed by atoms with Gasteiger partial charge in [-0.2, -0.15) is 0 Å². The highest BCUT2D eigenvalue weighted by molar-refractivity contribution is 5.91. The standard InChI is InChI=1S/C27H34N2O4/c1-21(2)33-27(31)29-18-16-23(17-19-29)9-7-6-8-22-12-14-24(15-13-22)28-26(30)20-32-25-10-4-3-5-11-25/h3-5,10-15,23H,1,6-9,16-20H2,2H3,(H,28,30). The first-order chi connectivity index (χ1) is 16.0. The molecule has 6 nitrogen and oxygen atoms in total. The molecule has 6 heteroatoms. The van der Waals surface area contributed by atoms with Gasteiger partial charge in [-0.1, -0.05) is 49.8 Å². The van der Waals surface area contributed by atoms with Crippen molar-refractivity contribution in [3.63, 3.8) is 0 Å². The maximum atomic E-state index is 12.1. The smallest absolute Gasteiger partial charge is 0.414 e. The highest BCUT2D eigenvalue weighted by atomic mass is 16.6. The van der Waals surface area contributed by atoms with Crippen LogP contribution in [-0.4, -0.2) is 36.6 Å². The Labute approximate surface area is 196 Å². The topological polar surface area (TPSA) is 67.9 Å². The van der Waals surface area contributed by atoms with Gasteiger partial charge in [-0.05, 0) is 68.4 Å². The fourth-order valence-electron chi connectivity index (χ4n) is 4.00. The summed E-state index contributed by atoms with van der Waals surface area (Å²) in [6.07, 6.45) is 6.32. The maximum Gasteiger partial charge on any atom is 0.414 e. The van der Waals surface area contributed by atoms with Crippen LogP contribution in [0.4, 0.5) is 10.5 Å². The number of anilines is 1. The number of likely N-dealkylation sites (tertiary alicyclic amines) is 1. The van der Waals surface area contributed by atoms with Gasteiger partial charge in [0.15, 0.2) is 6.61 Å². The maximum absolute atomic E-state index is 12.1. The predicted molar refractivity (Wildman–Crippen MR) is 130 cm³/mol. The van der Waals surface area contributed by atoms with Gasteiger partial charge in [0.1, 0.15) is 5.75 Å². The third-order valence-corrected chi connectivity index (χ3v) is 5.81. The number of aryl methyl sites for hydroxylation is 1. The van der Waals surface area contributed by atoms with Gasteiger partial charge < -0.3 is 19.7 Å². The Morgan fingerprint density at radius 1 is 1.03 bits per heavy atom. The van der Waals surface area contributed by atoms with Crippen molar-refractivity contribution < 1.29 is 19.1 Å². The highest BCUT2D eigenvalue weighted by Gasteiger charge is 2.23. The molecule has 0 unspecified atom stereocenters. The lowest BCUT2D eigenvalue weighted by atomic mass is 9.91. The van der Waals surface area contributed by atoms with Crippen LogP contribution >= 0.6 is 0 Å². The Morgan fingerprint density at radius 3 is 2.39 bits per heavy atom. The van der Waals surface area contributed by atoms with E-state index in [1.165, 1.54) is 18.4 Å². The molecule has 1 aliphatic heterocycles. The van der Waals surface area contributed by atoms with Crippen molar-refractivity contribution in [1.82, 2.24) is 4.90 Å². The van der Waals surface area contributed by atoms with Gasteiger partial charge >= 0.3 is 6.09 Å². The highest BCUT2D eigenvalue weighted by Crippen LogP contribution is 2.24. The van der Waals surface area contributed by atoms with E-state index in [4.69, 9.17) is 9.47 Å². The average Bonchev–Trinajstić information content (AvgIpc) is 2.82. The van der Waals surface area contributed by atoms with Gasteiger partial charge in [0.2, 0.25) is 0 Å². The van der Waals surface area contributed by atoms with E-state index in [-0.39, 0.29) is 18.6 Å². The van der Waals surface area contributed by atoms with Crippen LogP contribution in [0.15, 0.2) is 66.9 Å². The summed E-state index contributed by atoms with van der Waals surface area (Å²) in [4.78, 5) is 25.8. The number of rotatable bonds is 10. The van der Waals surface area contributed by atoms with Crippen LogP contribution in [0.25, 0.3) is 0 Å². The monoisotopic (exact) mass is 450 g/mol. The van der Waals surface area contributed by atoms with Gasteiger partial charge in [-0.25, -0.2) is 4.79 Å². The number of para-hydroxylation sites is 1. The number of carbonyl (C=O) groups excluding carboxylic acids is 2. The molecule has 2 aromatic rings. The molecule has 1 aliphatic rings. The van der Waals surface area contributed by atoms with Crippen LogP contribution in [0, 0.1) is 5.92 Å². The summed E-state index contributed by atoms with van der Waals surface area (Å²) in [6.45, 7) is 6.83. The zero-order valence-corrected chi connectivity index (χ0v) is 19.4. The van der Waals surface area contributed by atoms with E-state index in [1.54, 1.807) is 11.8 Å². The molecule has 1 saturated heterocycles. The summed E-state index contributed by atoms with van der Waals surface area (Å²) >= 11 is 0. The van der Waals surface area contributed by atoms with Crippen LogP contribution in [0.5, 0.6) is 5.75 Å². The van der Waals surface area contributed by atoms with Gasteiger partial charge in [0.25, 0.3) is 5.91 Å². The molecule has 0 aromatic heterocycles. The first-order valence-electron chi connectivity index (χ1n) is 11.7. The number of unbranched alkanes of at least 4 members (excludes halogenated alkanes) is 1. The minimum atomic E-state index is -0.274. The number of piperidine rings is 1. The quantitative estimate of drug-likeness (QED) is 0.367. The van der Waals surface area contributed by atoms with Crippen molar-refractivity contribution in [2.45, 2.75) is 45.4 Å². The van der Waals surface area contributed by atoms with Crippen molar-refractivity contribution in [3.05, 3.63) is 72.5 Å². The molecule has 0 radical (unpaired) electrons. The first kappa shape index (κ1) is 24.4. The van der Waals surface area contributed by atoms with Crippen LogP contribution in [-0.2, 0) is 16.0 Å². The molecular formula is C27H34N2O4. The Hall–Kier alpha value is -3.28. The molecule has 0 aliphatic carbocycles. The van der Waals surface area contributed by atoms with Gasteiger partial charge in [-0.15, -0.1) is 0 Å². The van der Waals surface area contributed by atoms with Crippen LogP contribution in [0.2, 0.25) is 0 Å². The van der Waals surface area contributed by atoms with E-state index in [2.05, 4.69) is 24.0 Å². The fraction of sp³-hybridized carbons (Fsp3) is 0.407. The van der Waals surface area contributed by atoms with Crippen molar-refractivity contribution in [1.29, 1.82) is 0 Å². The number of amides is 2. The molecule has 0 atom stereocenters. The summed E-state index contributed by atoms with van der Waals surface area (Å²) in [5, 5.41) is 2.87. The van der Waals surface area contributed by atoms with Crippen molar-refractivity contribution in [2.75, 3.05) is 25.0 Å². The van der Waals surface area contributed by atoms with Gasteiger partial charge in [0, 0.05) is 18.8 Å². The fourth-order valence-corrected chi connectivity index (χ4v) is 4.00. The second-order valence-electron chi connectivity index (χ2n) is 8.59. The number of nitrogens with one attached hydrogen (secondary N) is 1. The molecule has 2 amide bonds. The normalized spacial score (nSPS) is 13.9. The molecule has 2 aromatic carbocycles. The van der Waals surface area contributed by atoms with Crippen LogP contribution in [0.3, 0.4) is 0 Å². The van der Waals surface area contributed by atoms with Crippen molar-refractivity contribution in [2.24, 2.45) is 5.92 Å². The number of hydrogen-bond donors (Lipinski definition) is 1. The lowest BCUT2D eigenvalue weighted by Crippen LogP contribution is -2.38. The molecule has 1 N–H and O–H groups in total. The second-order valence-corrected chi connectivity index (χ2v) is 8.59. The molecule has 0 saturated carbocycles. The Balaban J connectivity index is 1.29. The molecule has 176 valence electrons. The molecule has 1 heterocycles. The minimum Gasteiger partial charge on any atom is -0.484 e. The van der Waals surface area contributed by atoms with Gasteiger partial charge in [-0.3, -0.25) is 4.79 Å². The summed E-state index contributed by atoms with van der Waals surface area (Å²) in [5.41, 5.74) is 2.04. The van der Waals surface area contributed by atoms with E-state index < -0.39 is 0 Å². The van der Waals surface area contributed by atoms with E-state index in [9.17, 15) is 9.59 Å². The molecular weight excluding hydrogens is 416 g/mol. The number of nitrogens with zero attached hydrogens (tertiary/aromatic N) is 1. The third-order valence-electron chi connectivity index (χ3n) is 5.81. The van der Waals surface area contributed by atoms with E-state index in [1.807, 2.05) is 42.5 Å². The third kappa shape index (κ3) is 8.64. The summed E-state index contributed by atoms with van der Waals surface area (Å²) in [6, 6.07) is 17.3. The zero-order chi connectivity index (χ0) is 23.5. The average molecular weight is 451 g/mol. The Kier molecular flexibility index (Phi) is 9.36. The SMILES string of the molecule is C=C(C)OC(=O)N1CCC(CCCCc2ccc(NC(=O)COc3ccccc3)cc2)CC1. The molecule has 3 rings (SSSR count). The summed E-state index contributed by atoms with van der Waals surface area (Å²) < 4.78 is 10.6. The minimum absolute atomic E-state index is 0.0141. The molecule has 0 bridgehead atoms. The predicted octanol–water partition coefficient (Wildman–Crippen LogP) is 5.80. The lowest BCUT2D eigenvalue weighted by molar-refractivity contribution is -0.118. The number of carbonyl (C=O) groups is 2. The Bertz CT molecular complexity index is 903. The number of hydrogen-bond acceptors (Lipinski definition) is 4. The number of allylic oxidation sites excluding steroid dienone is 1. The molecule has 0 spiro atoms. The van der Waals surface area contributed by atoms with Crippen LogP contribution < -0.4 is 10.1 Å². The van der Waals surface area contributed by atoms with E-state index >= 15 is 0 Å². The van der Waals surface area contributed by atoms with E-state index in [0.29, 0.717) is 17.4 Å². The lowest BCUT2D eigenvalue weighted by Gasteiger charge is -2.31. The number of benzene rings is 2. The van der Waals surface area contributed by atoms with Gasteiger partial charge in [0.05, 0.1) is 5.76 Å². The summed E-state index contributed by atoms with van der Waals surface area (Å²) in [5.74, 6) is 1.62. The number of ether oxygens (including phenoxy) is 2. The van der Waals surface area contributed by atoms with E-state index in [0.717, 1.165) is 44.5 Å².